The summed E-state index contributed by atoms with van der Waals surface area (Å²) in [6, 6.07) is 11.6. The van der Waals surface area contributed by atoms with Gasteiger partial charge in [0.25, 0.3) is 5.56 Å². The number of nitrogens with two attached hydrogens (primary N) is 1. The van der Waals surface area contributed by atoms with Crippen LogP contribution in [-0.2, 0) is 0 Å². The van der Waals surface area contributed by atoms with Crippen LogP contribution in [0.1, 0.15) is 25.7 Å². The highest BCUT2D eigenvalue weighted by Gasteiger charge is 2.17. The number of benzene rings is 2. The molecule has 0 saturated heterocycles. The number of aromatic nitrogens is 2. The lowest BCUT2D eigenvalue weighted by molar-refractivity contribution is 0.252. The van der Waals surface area contributed by atoms with E-state index >= 15 is 0 Å². The maximum Gasteiger partial charge on any atom is 0.319 e. The van der Waals surface area contributed by atoms with E-state index in [-0.39, 0.29) is 11.6 Å². The maximum atomic E-state index is 13.2. The van der Waals surface area contributed by atoms with Gasteiger partial charge < -0.3 is 16.4 Å². The molecular formula is C19H20BrN5O2. The summed E-state index contributed by atoms with van der Waals surface area (Å²) in [5.74, 6) is 0.445. The van der Waals surface area contributed by atoms with Crippen LogP contribution in [0.2, 0.25) is 0 Å². The third-order valence-corrected chi connectivity index (χ3v) is 4.64. The predicted molar refractivity (Wildman–Crippen MR) is 110 cm³/mol. The Morgan fingerprint density at radius 2 is 2.04 bits per heavy atom. The van der Waals surface area contributed by atoms with Crippen molar-refractivity contribution in [1.29, 1.82) is 0 Å². The van der Waals surface area contributed by atoms with Crippen LogP contribution in [0.5, 0.6) is 0 Å². The molecule has 0 unspecified atom stereocenters. The van der Waals surface area contributed by atoms with Gasteiger partial charge in [-0.05, 0) is 60.1 Å². The number of halogens is 1. The van der Waals surface area contributed by atoms with Crippen LogP contribution in [0, 0.1) is 0 Å². The molecule has 27 heavy (non-hydrogen) atoms. The fraction of sp³-hybridized carbons (Fsp3) is 0.211. The van der Waals surface area contributed by atoms with E-state index in [4.69, 9.17) is 5.73 Å². The van der Waals surface area contributed by atoms with Gasteiger partial charge in [-0.3, -0.25) is 9.36 Å². The van der Waals surface area contributed by atoms with Crippen molar-refractivity contribution in [2.45, 2.75) is 19.9 Å². The van der Waals surface area contributed by atoms with Crippen molar-refractivity contribution >= 4 is 38.6 Å². The molecule has 1 aromatic heterocycles. The van der Waals surface area contributed by atoms with E-state index in [1.165, 1.54) is 4.57 Å². The number of hydrogen-bond acceptors (Lipinski definition) is 4. The number of anilines is 1. The summed E-state index contributed by atoms with van der Waals surface area (Å²) >= 11 is 3.43. The third-order valence-electron chi connectivity index (χ3n) is 3.98. The Hall–Kier alpha value is -2.71. The first kappa shape index (κ1) is 19.1. The maximum absolute atomic E-state index is 13.2. The molecule has 7 nitrogen and oxygen atoms in total. The summed E-state index contributed by atoms with van der Waals surface area (Å²) in [6.07, 6.45) is 0. The van der Waals surface area contributed by atoms with E-state index in [1.807, 2.05) is 13.0 Å². The molecule has 0 aliphatic rings. The molecular weight excluding hydrogens is 410 g/mol. The predicted octanol–water partition coefficient (Wildman–Crippen LogP) is 3.31. The van der Waals surface area contributed by atoms with Crippen molar-refractivity contribution in [1.82, 2.24) is 14.9 Å². The molecule has 0 radical (unpaired) electrons. The Balaban J connectivity index is 2.20. The van der Waals surface area contributed by atoms with Gasteiger partial charge in [-0.1, -0.05) is 12.1 Å². The molecule has 4 N–H and O–H groups in total. The zero-order chi connectivity index (χ0) is 19.6. The van der Waals surface area contributed by atoms with E-state index in [0.29, 0.717) is 39.1 Å². The monoisotopic (exact) mass is 429 g/mol. The Morgan fingerprint density at radius 3 is 2.74 bits per heavy atom. The molecule has 140 valence electrons. The lowest BCUT2D eigenvalue weighted by atomic mass is 10.2. The number of carbonyl (C=O) groups excluding carboxylic acids is 1. The van der Waals surface area contributed by atoms with Crippen LogP contribution < -0.4 is 21.9 Å². The van der Waals surface area contributed by atoms with E-state index in [2.05, 4.69) is 31.5 Å². The van der Waals surface area contributed by atoms with Gasteiger partial charge in [0.2, 0.25) is 0 Å². The van der Waals surface area contributed by atoms with E-state index in [1.54, 1.807) is 43.3 Å². The standard InChI is InChI=1S/C19H20BrN5O2/c1-3-22-19(27)23-12-6-4-7-13(10-12)25-17(11(2)21)24-15-9-5-8-14(20)16(15)18(25)26/h4-11H,3,21H2,1-2H3,(H2,22,23,27)/t11-/m0/s1. The number of amides is 2. The van der Waals surface area contributed by atoms with Crippen molar-refractivity contribution in [3.05, 3.63) is 63.1 Å². The molecule has 0 aliphatic heterocycles. The average Bonchev–Trinajstić information content (AvgIpc) is 2.61. The van der Waals surface area contributed by atoms with Gasteiger partial charge in [-0.25, -0.2) is 9.78 Å². The van der Waals surface area contributed by atoms with Gasteiger partial charge >= 0.3 is 6.03 Å². The normalized spacial score (nSPS) is 12.0. The highest BCUT2D eigenvalue weighted by atomic mass is 79.9. The summed E-state index contributed by atoms with van der Waals surface area (Å²) in [4.78, 5) is 29.6. The van der Waals surface area contributed by atoms with E-state index in [0.717, 1.165) is 0 Å². The highest BCUT2D eigenvalue weighted by Crippen LogP contribution is 2.23. The first-order chi connectivity index (χ1) is 12.9. The largest absolute Gasteiger partial charge is 0.338 e. The van der Waals surface area contributed by atoms with E-state index in [9.17, 15) is 9.59 Å². The van der Waals surface area contributed by atoms with E-state index < -0.39 is 6.04 Å². The smallest absolute Gasteiger partial charge is 0.319 e. The highest BCUT2D eigenvalue weighted by molar-refractivity contribution is 9.10. The number of nitrogens with one attached hydrogen (secondary N) is 2. The van der Waals surface area contributed by atoms with Crippen LogP contribution in [0.4, 0.5) is 10.5 Å². The summed E-state index contributed by atoms with van der Waals surface area (Å²) in [5, 5.41) is 5.89. The lowest BCUT2D eigenvalue weighted by Crippen LogP contribution is -2.29. The number of hydrogen-bond donors (Lipinski definition) is 3. The van der Waals surface area contributed by atoms with Gasteiger partial charge in [0.1, 0.15) is 5.82 Å². The second-order valence-electron chi connectivity index (χ2n) is 6.07. The van der Waals surface area contributed by atoms with Gasteiger partial charge in [-0.2, -0.15) is 0 Å². The van der Waals surface area contributed by atoms with Crippen molar-refractivity contribution < 1.29 is 4.79 Å². The summed E-state index contributed by atoms with van der Waals surface area (Å²) in [7, 11) is 0. The Labute approximate surface area is 164 Å². The second-order valence-corrected chi connectivity index (χ2v) is 6.92. The van der Waals surface area contributed by atoms with Gasteiger partial charge in [0, 0.05) is 16.7 Å². The Kier molecular flexibility index (Phi) is 5.57. The molecule has 0 saturated carbocycles. The molecule has 0 spiro atoms. The lowest BCUT2D eigenvalue weighted by Gasteiger charge is -2.17. The van der Waals surface area contributed by atoms with Crippen LogP contribution in [0.3, 0.4) is 0 Å². The number of fused-ring (bicyclic) bond motifs is 1. The minimum Gasteiger partial charge on any atom is -0.338 e. The molecule has 0 bridgehead atoms. The second kappa shape index (κ2) is 7.89. The fourth-order valence-corrected chi connectivity index (χ4v) is 3.35. The number of urea groups is 1. The summed E-state index contributed by atoms with van der Waals surface area (Å²) < 4.78 is 2.15. The Bertz CT molecular complexity index is 1060. The first-order valence-corrected chi connectivity index (χ1v) is 9.33. The number of carbonyl (C=O) groups is 1. The van der Waals surface area contributed by atoms with Gasteiger partial charge in [0.05, 0.1) is 22.6 Å². The number of nitrogens with zero attached hydrogens (tertiary/aromatic N) is 2. The zero-order valence-electron chi connectivity index (χ0n) is 15.0. The van der Waals surface area contributed by atoms with Crippen molar-refractivity contribution in [2.75, 3.05) is 11.9 Å². The molecule has 3 rings (SSSR count). The van der Waals surface area contributed by atoms with Crippen LogP contribution in [0.15, 0.2) is 51.7 Å². The first-order valence-electron chi connectivity index (χ1n) is 8.54. The SMILES string of the molecule is CCNC(=O)Nc1cccc(-n2c([C@H](C)N)nc3cccc(Br)c3c2=O)c1. The van der Waals surface area contributed by atoms with Gasteiger partial charge in [0.15, 0.2) is 0 Å². The molecule has 1 heterocycles. The van der Waals surface area contributed by atoms with Crippen molar-refractivity contribution in [3.63, 3.8) is 0 Å². The van der Waals surface area contributed by atoms with Crippen molar-refractivity contribution in [2.24, 2.45) is 5.73 Å². The van der Waals surface area contributed by atoms with Crippen molar-refractivity contribution in [3.8, 4) is 5.69 Å². The molecule has 3 aromatic rings. The molecule has 0 fully saturated rings. The quantitative estimate of drug-likeness (QED) is 0.591. The third kappa shape index (κ3) is 3.86. The minimum atomic E-state index is -0.457. The topological polar surface area (TPSA) is 102 Å². The molecule has 8 heteroatoms. The molecule has 2 aromatic carbocycles. The summed E-state index contributed by atoms with van der Waals surface area (Å²) in [6.45, 7) is 4.13. The Morgan fingerprint density at radius 1 is 1.30 bits per heavy atom. The van der Waals surface area contributed by atoms with Crippen LogP contribution in [0.25, 0.3) is 16.6 Å². The summed E-state index contributed by atoms with van der Waals surface area (Å²) in [5.41, 5.74) is 7.58. The van der Waals surface area contributed by atoms with Gasteiger partial charge in [-0.15, -0.1) is 0 Å². The van der Waals surface area contributed by atoms with Crippen LogP contribution in [-0.4, -0.2) is 22.1 Å². The van der Waals surface area contributed by atoms with Crippen LogP contribution >= 0.6 is 15.9 Å². The minimum absolute atomic E-state index is 0.227. The number of rotatable bonds is 4. The molecule has 2 amide bonds. The zero-order valence-corrected chi connectivity index (χ0v) is 16.6. The average molecular weight is 430 g/mol. The molecule has 1 atom stereocenters. The fourth-order valence-electron chi connectivity index (χ4n) is 2.82. The molecule has 0 aliphatic carbocycles.